The number of hydrogen-bond acceptors (Lipinski definition) is 5. The van der Waals surface area contributed by atoms with Crippen LogP contribution in [0.4, 0.5) is 0 Å². The molecule has 0 spiro atoms. The summed E-state index contributed by atoms with van der Waals surface area (Å²) in [6.45, 7) is 2.46. The van der Waals surface area contributed by atoms with Crippen molar-refractivity contribution < 1.29 is 9.32 Å². The molecule has 1 aromatic carbocycles. The van der Waals surface area contributed by atoms with Crippen LogP contribution in [0.15, 0.2) is 33.6 Å². The number of fused-ring (bicyclic) bond motifs is 1. The lowest BCUT2D eigenvalue weighted by Crippen LogP contribution is -2.27. The van der Waals surface area contributed by atoms with E-state index in [1.807, 2.05) is 16.8 Å². The van der Waals surface area contributed by atoms with Crippen LogP contribution in [0, 0.1) is 0 Å². The third kappa shape index (κ3) is 3.42. The summed E-state index contributed by atoms with van der Waals surface area (Å²) in [5, 5.41) is 11.0. The molecule has 27 heavy (non-hydrogen) atoms. The molecular formula is C19H21N5O3. The minimum atomic E-state index is -0.595. The second-order valence-corrected chi connectivity index (χ2v) is 6.61. The fourth-order valence-corrected chi connectivity index (χ4v) is 3.45. The molecule has 0 bridgehead atoms. The third-order valence-electron chi connectivity index (χ3n) is 4.87. The monoisotopic (exact) mass is 367 g/mol. The first-order chi connectivity index (χ1) is 13.2. The van der Waals surface area contributed by atoms with E-state index in [1.165, 1.54) is 5.56 Å². The third-order valence-corrected chi connectivity index (χ3v) is 4.87. The van der Waals surface area contributed by atoms with Crippen LogP contribution >= 0.6 is 0 Å². The number of carbonyl (C=O) groups excluding carboxylic acids is 1. The summed E-state index contributed by atoms with van der Waals surface area (Å²) in [5.41, 5.74) is 4.87. The number of aromatic amines is 1. The lowest BCUT2D eigenvalue weighted by molar-refractivity contribution is 0.0947. The second-order valence-electron chi connectivity index (χ2n) is 6.61. The summed E-state index contributed by atoms with van der Waals surface area (Å²) >= 11 is 0. The number of benzene rings is 1. The summed E-state index contributed by atoms with van der Waals surface area (Å²) in [6.07, 6.45) is 4.19. The first kappa shape index (κ1) is 17.3. The van der Waals surface area contributed by atoms with Crippen LogP contribution in [0.1, 0.15) is 46.5 Å². The Morgan fingerprint density at radius 1 is 1.30 bits per heavy atom. The fraction of sp³-hybridized carbons (Fsp3) is 0.368. The average Bonchev–Trinajstić information content (AvgIpc) is 3.38. The molecule has 2 heterocycles. The number of carbonyl (C=O) groups is 1. The van der Waals surface area contributed by atoms with E-state index in [2.05, 4.69) is 44.1 Å². The maximum Gasteiger partial charge on any atom is 0.438 e. The molecule has 8 heteroatoms. The van der Waals surface area contributed by atoms with Gasteiger partial charge in [-0.1, -0.05) is 24.2 Å². The lowest BCUT2D eigenvalue weighted by atomic mass is 10.1. The highest BCUT2D eigenvalue weighted by molar-refractivity contribution is 5.94. The Hall–Kier alpha value is -3.16. The van der Waals surface area contributed by atoms with Gasteiger partial charge in [0.25, 0.3) is 5.91 Å². The van der Waals surface area contributed by atoms with E-state index >= 15 is 0 Å². The van der Waals surface area contributed by atoms with Gasteiger partial charge in [0.1, 0.15) is 0 Å². The zero-order valence-electron chi connectivity index (χ0n) is 15.1. The van der Waals surface area contributed by atoms with Crippen molar-refractivity contribution >= 4 is 5.91 Å². The van der Waals surface area contributed by atoms with E-state index in [-0.39, 0.29) is 5.91 Å². The van der Waals surface area contributed by atoms with Crippen LogP contribution in [-0.2, 0) is 25.7 Å². The molecule has 0 fully saturated rings. The molecule has 4 rings (SSSR count). The number of aromatic nitrogens is 4. The molecule has 0 aliphatic heterocycles. The number of nitrogens with zero attached hydrogens (tertiary/aromatic N) is 3. The van der Waals surface area contributed by atoms with Gasteiger partial charge < -0.3 is 5.32 Å². The molecule has 0 saturated heterocycles. The molecule has 1 amide bonds. The van der Waals surface area contributed by atoms with E-state index in [0.29, 0.717) is 24.5 Å². The summed E-state index contributed by atoms with van der Waals surface area (Å²) in [4.78, 5) is 26.0. The Balaban J connectivity index is 1.52. The molecule has 0 unspecified atom stereocenters. The van der Waals surface area contributed by atoms with Gasteiger partial charge in [-0.15, -0.1) is 0 Å². The Morgan fingerprint density at radius 3 is 2.81 bits per heavy atom. The number of hydrogen-bond donors (Lipinski definition) is 2. The van der Waals surface area contributed by atoms with E-state index in [9.17, 15) is 9.59 Å². The Morgan fingerprint density at radius 2 is 2.11 bits per heavy atom. The van der Waals surface area contributed by atoms with E-state index < -0.39 is 5.76 Å². The molecule has 2 aromatic heterocycles. The van der Waals surface area contributed by atoms with Crippen LogP contribution in [0.2, 0.25) is 0 Å². The Labute approximate surface area is 155 Å². The predicted molar refractivity (Wildman–Crippen MR) is 98.1 cm³/mol. The highest BCUT2D eigenvalue weighted by Gasteiger charge is 2.26. The first-order valence-electron chi connectivity index (χ1n) is 9.19. The van der Waals surface area contributed by atoms with Crippen molar-refractivity contribution in [1.29, 1.82) is 0 Å². The van der Waals surface area contributed by atoms with Crippen LogP contribution in [-0.4, -0.2) is 32.4 Å². The van der Waals surface area contributed by atoms with Gasteiger partial charge in [0, 0.05) is 24.2 Å². The van der Waals surface area contributed by atoms with Crippen molar-refractivity contribution in [1.82, 2.24) is 25.2 Å². The quantitative estimate of drug-likeness (QED) is 0.688. The molecule has 140 valence electrons. The van der Waals surface area contributed by atoms with Crippen molar-refractivity contribution in [2.24, 2.45) is 0 Å². The van der Waals surface area contributed by atoms with Gasteiger partial charge in [-0.3, -0.25) is 14.3 Å². The molecule has 0 radical (unpaired) electrons. The number of H-pyrrole nitrogens is 1. The highest BCUT2D eigenvalue weighted by atomic mass is 16.5. The lowest BCUT2D eigenvalue weighted by Gasteiger charge is -2.06. The normalized spacial score (nSPS) is 12.9. The van der Waals surface area contributed by atoms with Crippen LogP contribution in [0.5, 0.6) is 0 Å². The molecular weight excluding hydrogens is 346 g/mol. The fourth-order valence-electron chi connectivity index (χ4n) is 3.45. The van der Waals surface area contributed by atoms with Gasteiger partial charge in [0.2, 0.25) is 0 Å². The average molecular weight is 367 g/mol. The van der Waals surface area contributed by atoms with Gasteiger partial charge in [0.05, 0.1) is 5.69 Å². The molecule has 1 aliphatic rings. The predicted octanol–water partition coefficient (Wildman–Crippen LogP) is 1.57. The number of nitrogens with one attached hydrogen (secondary N) is 2. The number of rotatable bonds is 6. The minimum Gasteiger partial charge on any atom is -0.350 e. The molecule has 2 N–H and O–H groups in total. The summed E-state index contributed by atoms with van der Waals surface area (Å²) < 4.78 is 6.34. The Kier molecular flexibility index (Phi) is 4.62. The van der Waals surface area contributed by atoms with Crippen molar-refractivity contribution in [2.75, 3.05) is 6.54 Å². The van der Waals surface area contributed by atoms with Gasteiger partial charge in [0.15, 0.2) is 11.5 Å². The second kappa shape index (κ2) is 7.22. The van der Waals surface area contributed by atoms with Gasteiger partial charge in [-0.2, -0.15) is 5.10 Å². The van der Waals surface area contributed by atoms with Gasteiger partial charge in [-0.05, 0) is 43.4 Å². The molecule has 0 atom stereocenters. The molecule has 1 aliphatic carbocycles. The van der Waals surface area contributed by atoms with Crippen LogP contribution in [0.25, 0.3) is 5.69 Å². The van der Waals surface area contributed by atoms with E-state index in [0.717, 1.165) is 42.6 Å². The zero-order valence-corrected chi connectivity index (χ0v) is 15.1. The number of amides is 1. The van der Waals surface area contributed by atoms with Gasteiger partial charge >= 0.3 is 5.76 Å². The van der Waals surface area contributed by atoms with Crippen molar-refractivity contribution in [3.8, 4) is 5.69 Å². The molecule has 0 saturated carbocycles. The molecule has 3 aromatic rings. The maximum absolute atomic E-state index is 12.6. The van der Waals surface area contributed by atoms with Crippen LogP contribution in [0.3, 0.4) is 0 Å². The summed E-state index contributed by atoms with van der Waals surface area (Å²) in [5.74, 6) is -0.392. The smallest absolute Gasteiger partial charge is 0.350 e. The largest absolute Gasteiger partial charge is 0.438 e. The van der Waals surface area contributed by atoms with Crippen LogP contribution < -0.4 is 11.1 Å². The van der Waals surface area contributed by atoms with Crippen molar-refractivity contribution in [3.05, 3.63) is 63.2 Å². The topological polar surface area (TPSA) is 106 Å². The maximum atomic E-state index is 12.6. The first-order valence-corrected chi connectivity index (χ1v) is 9.19. The molecule has 8 nitrogen and oxygen atoms in total. The van der Waals surface area contributed by atoms with Gasteiger partial charge in [-0.25, -0.2) is 9.48 Å². The Bertz CT molecular complexity index is 1010. The SMILES string of the molecule is CCc1ccc(-n2nc(C(=O)NCCc3noc(=O)[nH]3)c3c2CCC3)cc1. The van der Waals surface area contributed by atoms with E-state index in [1.54, 1.807) is 0 Å². The minimum absolute atomic E-state index is 0.206. The van der Waals surface area contributed by atoms with Crippen molar-refractivity contribution in [2.45, 2.75) is 39.0 Å². The standard InChI is InChI=1S/C19H21N5O3/c1-2-12-6-8-13(9-7-12)24-15-5-3-4-14(15)17(22-24)18(25)20-11-10-16-21-19(26)27-23-16/h6-9H,2-5,10-11H2,1H3,(H,20,25)(H,21,23,26). The summed E-state index contributed by atoms with van der Waals surface area (Å²) in [6, 6.07) is 8.29. The number of aryl methyl sites for hydroxylation is 1. The van der Waals surface area contributed by atoms with E-state index in [4.69, 9.17) is 0 Å². The highest BCUT2D eigenvalue weighted by Crippen LogP contribution is 2.28. The van der Waals surface area contributed by atoms with Crippen molar-refractivity contribution in [3.63, 3.8) is 0 Å². The zero-order chi connectivity index (χ0) is 18.8. The summed E-state index contributed by atoms with van der Waals surface area (Å²) in [7, 11) is 0.